The average molecular weight is 293 g/mol. The van der Waals surface area contributed by atoms with E-state index in [4.69, 9.17) is 9.26 Å². The predicted octanol–water partition coefficient (Wildman–Crippen LogP) is 0.628. The second-order valence-electron chi connectivity index (χ2n) is 4.31. The molecule has 0 bridgehead atoms. The van der Waals surface area contributed by atoms with Crippen molar-refractivity contribution in [2.24, 2.45) is 7.05 Å². The van der Waals surface area contributed by atoms with Gasteiger partial charge in [0.1, 0.15) is 5.75 Å². The Morgan fingerprint density at radius 1 is 1.38 bits per heavy atom. The molecule has 0 fully saturated rings. The Balaban J connectivity index is 2.25. The highest BCUT2D eigenvalue weighted by atomic mass is 16.6. The van der Waals surface area contributed by atoms with Crippen molar-refractivity contribution in [2.45, 2.75) is 13.3 Å². The molecule has 0 aliphatic rings. The highest BCUT2D eigenvalue weighted by Crippen LogP contribution is 2.15. The average Bonchev–Trinajstić information content (AvgIpc) is 2.73. The van der Waals surface area contributed by atoms with Gasteiger partial charge < -0.3 is 14.6 Å². The Kier molecular flexibility index (Phi) is 4.27. The lowest BCUT2D eigenvalue weighted by atomic mass is 10.3. The van der Waals surface area contributed by atoms with Gasteiger partial charge in [0.05, 0.1) is 5.69 Å². The maximum atomic E-state index is 11.8. The van der Waals surface area contributed by atoms with Crippen molar-refractivity contribution in [2.75, 3.05) is 6.54 Å². The molecule has 1 N–H and O–H groups in total. The van der Waals surface area contributed by atoms with Crippen LogP contribution in [-0.2, 0) is 7.05 Å². The molecule has 1 aromatic heterocycles. The van der Waals surface area contributed by atoms with Crippen molar-refractivity contribution in [3.8, 4) is 11.4 Å². The topological polar surface area (TPSA) is 95.5 Å². The first-order valence-corrected chi connectivity index (χ1v) is 6.38. The highest BCUT2D eigenvalue weighted by Gasteiger charge is 2.11. The number of rotatable bonds is 4. The summed E-state index contributed by atoms with van der Waals surface area (Å²) in [5, 5.41) is 2.56. The molecule has 0 saturated heterocycles. The van der Waals surface area contributed by atoms with Gasteiger partial charge >= 0.3 is 17.5 Å². The van der Waals surface area contributed by atoms with Crippen LogP contribution in [0.2, 0.25) is 0 Å². The van der Waals surface area contributed by atoms with Crippen molar-refractivity contribution < 1.29 is 14.1 Å². The lowest BCUT2D eigenvalue weighted by Gasteiger charge is -2.06. The smallest absolute Gasteiger partial charge is 0.410 e. The van der Waals surface area contributed by atoms with Crippen molar-refractivity contribution in [1.29, 1.82) is 0 Å². The van der Waals surface area contributed by atoms with E-state index in [0.29, 0.717) is 12.2 Å². The Labute approximate surface area is 119 Å². The van der Waals surface area contributed by atoms with E-state index in [-0.39, 0.29) is 5.75 Å². The van der Waals surface area contributed by atoms with Crippen LogP contribution in [0.5, 0.6) is 5.75 Å². The Hall–Kier alpha value is -2.77. The van der Waals surface area contributed by atoms with Gasteiger partial charge in [-0.1, -0.05) is 13.0 Å². The van der Waals surface area contributed by atoms with Crippen LogP contribution in [0.4, 0.5) is 4.79 Å². The van der Waals surface area contributed by atoms with Crippen LogP contribution in [0.25, 0.3) is 5.69 Å². The summed E-state index contributed by atoms with van der Waals surface area (Å²) in [6, 6.07) is 6.12. The van der Waals surface area contributed by atoms with Gasteiger partial charge in [-0.2, -0.15) is 0 Å². The van der Waals surface area contributed by atoms with Crippen LogP contribution < -0.4 is 21.5 Å². The first-order chi connectivity index (χ1) is 10.0. The number of carbonyl (C=O) groups is 1. The van der Waals surface area contributed by atoms with E-state index in [0.717, 1.165) is 15.7 Å². The lowest BCUT2D eigenvalue weighted by Crippen LogP contribution is -2.27. The summed E-state index contributed by atoms with van der Waals surface area (Å²) in [6.07, 6.45) is 0.204. The monoisotopic (exact) mass is 293 g/mol. The third kappa shape index (κ3) is 3.22. The van der Waals surface area contributed by atoms with E-state index < -0.39 is 17.5 Å². The van der Waals surface area contributed by atoms with Crippen molar-refractivity contribution >= 4 is 6.09 Å². The molecular weight excluding hydrogens is 278 g/mol. The van der Waals surface area contributed by atoms with Crippen LogP contribution in [0.15, 0.2) is 38.4 Å². The Morgan fingerprint density at radius 3 is 2.76 bits per heavy atom. The molecule has 8 heteroatoms. The summed E-state index contributed by atoms with van der Waals surface area (Å²) in [5.41, 5.74) is -0.328. The molecule has 0 unspecified atom stereocenters. The molecule has 1 heterocycles. The second kappa shape index (κ2) is 6.12. The maximum Gasteiger partial charge on any atom is 0.442 e. The molecule has 0 aliphatic heterocycles. The summed E-state index contributed by atoms with van der Waals surface area (Å²) in [4.78, 5) is 34.5. The molecule has 112 valence electrons. The Morgan fingerprint density at radius 2 is 2.14 bits per heavy atom. The Bertz CT molecular complexity index is 756. The standard InChI is InChI=1S/C13H15N3O5/c1-3-7-14-11(17)20-10-6-4-5-9(8-10)16-12(18)15(2)13(19)21-16/h4-6,8H,3,7H2,1-2H3,(H,14,17). The lowest BCUT2D eigenvalue weighted by molar-refractivity contribution is 0.200. The quantitative estimate of drug-likeness (QED) is 0.892. The molecular formula is C13H15N3O5. The van der Waals surface area contributed by atoms with Gasteiger partial charge in [0.25, 0.3) is 0 Å². The van der Waals surface area contributed by atoms with E-state index in [1.54, 1.807) is 18.2 Å². The van der Waals surface area contributed by atoms with Gasteiger partial charge in [0.15, 0.2) is 0 Å². The molecule has 0 atom stereocenters. The number of amides is 1. The molecule has 0 radical (unpaired) electrons. The number of nitrogens with zero attached hydrogens (tertiary/aromatic N) is 2. The van der Waals surface area contributed by atoms with Crippen LogP contribution in [0, 0.1) is 0 Å². The zero-order valence-electron chi connectivity index (χ0n) is 11.7. The third-order valence-electron chi connectivity index (χ3n) is 2.69. The van der Waals surface area contributed by atoms with E-state index in [1.807, 2.05) is 6.92 Å². The van der Waals surface area contributed by atoms with E-state index in [2.05, 4.69) is 5.32 Å². The molecule has 21 heavy (non-hydrogen) atoms. The van der Waals surface area contributed by atoms with Gasteiger partial charge in [-0.15, -0.1) is 4.74 Å². The molecule has 1 aromatic carbocycles. The van der Waals surface area contributed by atoms with Gasteiger partial charge in [-0.3, -0.25) is 0 Å². The summed E-state index contributed by atoms with van der Waals surface area (Å²) in [6.45, 7) is 2.43. The number of nitrogens with one attached hydrogen (secondary N) is 1. The zero-order chi connectivity index (χ0) is 15.4. The summed E-state index contributed by atoms with van der Waals surface area (Å²) < 4.78 is 11.5. The largest absolute Gasteiger partial charge is 0.442 e. The number of hydrogen-bond donors (Lipinski definition) is 1. The van der Waals surface area contributed by atoms with Crippen LogP contribution >= 0.6 is 0 Å². The first-order valence-electron chi connectivity index (χ1n) is 6.38. The van der Waals surface area contributed by atoms with Crippen molar-refractivity contribution in [1.82, 2.24) is 14.6 Å². The third-order valence-corrected chi connectivity index (χ3v) is 2.69. The summed E-state index contributed by atoms with van der Waals surface area (Å²) >= 11 is 0. The fraction of sp³-hybridized carbons (Fsp3) is 0.308. The van der Waals surface area contributed by atoms with Gasteiger partial charge in [-0.25, -0.2) is 19.0 Å². The molecule has 8 nitrogen and oxygen atoms in total. The van der Waals surface area contributed by atoms with Gasteiger partial charge in [-0.05, 0) is 18.6 Å². The summed E-state index contributed by atoms with van der Waals surface area (Å²) in [5.74, 6) is -0.536. The molecule has 1 amide bonds. The van der Waals surface area contributed by atoms with Crippen LogP contribution in [0.1, 0.15) is 13.3 Å². The zero-order valence-corrected chi connectivity index (χ0v) is 11.7. The minimum absolute atomic E-state index is 0.236. The number of aromatic nitrogens is 2. The second-order valence-corrected chi connectivity index (χ2v) is 4.31. The molecule has 0 saturated carbocycles. The van der Waals surface area contributed by atoms with Crippen molar-refractivity contribution in [3.05, 3.63) is 45.3 Å². The number of carbonyl (C=O) groups excluding carboxylic acids is 1. The van der Waals surface area contributed by atoms with E-state index in [1.165, 1.54) is 13.1 Å². The van der Waals surface area contributed by atoms with Crippen LogP contribution in [0.3, 0.4) is 0 Å². The number of benzene rings is 1. The predicted molar refractivity (Wildman–Crippen MR) is 73.9 cm³/mol. The minimum Gasteiger partial charge on any atom is -0.410 e. The molecule has 0 aliphatic carbocycles. The maximum absolute atomic E-state index is 11.8. The number of ether oxygens (including phenoxy) is 1. The van der Waals surface area contributed by atoms with Gasteiger partial charge in [0, 0.05) is 19.7 Å². The molecule has 2 rings (SSSR count). The molecule has 2 aromatic rings. The fourth-order valence-electron chi connectivity index (χ4n) is 1.60. The summed E-state index contributed by atoms with van der Waals surface area (Å²) in [7, 11) is 1.31. The highest BCUT2D eigenvalue weighted by molar-refractivity contribution is 5.70. The number of hydrogen-bond acceptors (Lipinski definition) is 5. The normalized spacial score (nSPS) is 10.4. The SMILES string of the molecule is CCCNC(=O)Oc1cccc(-n2oc(=O)n(C)c2=O)c1. The van der Waals surface area contributed by atoms with Crippen LogP contribution in [-0.4, -0.2) is 21.9 Å². The first kappa shape index (κ1) is 14.6. The van der Waals surface area contributed by atoms with Gasteiger partial charge in [0.2, 0.25) is 0 Å². The van der Waals surface area contributed by atoms with Crippen molar-refractivity contribution in [3.63, 3.8) is 0 Å². The minimum atomic E-state index is -0.771. The fourth-order valence-corrected chi connectivity index (χ4v) is 1.60. The van der Waals surface area contributed by atoms with E-state index >= 15 is 0 Å². The molecule has 0 spiro atoms. The van der Waals surface area contributed by atoms with E-state index in [9.17, 15) is 14.4 Å².